The zero-order valence-electron chi connectivity index (χ0n) is 13.8. The maximum Gasteiger partial charge on any atom is 0.335 e. The Bertz CT molecular complexity index is 921. The third-order valence-corrected chi connectivity index (χ3v) is 3.45. The number of carbonyl (C=O) groups is 1. The summed E-state index contributed by atoms with van der Waals surface area (Å²) in [5.74, 6) is -0.450. The average molecular weight is 344 g/mol. The first-order valence-corrected chi connectivity index (χ1v) is 7.90. The van der Waals surface area contributed by atoms with Crippen LogP contribution in [0.25, 0.3) is 0 Å². The summed E-state index contributed by atoms with van der Waals surface area (Å²) in [7, 11) is 0. The molecule has 0 fully saturated rings. The number of amidine groups is 1. The molecular weight excluding hydrogens is 328 g/mol. The van der Waals surface area contributed by atoms with Crippen LogP contribution in [0.5, 0.6) is 0 Å². The summed E-state index contributed by atoms with van der Waals surface area (Å²) in [6, 6.07) is 21.5. The number of aliphatic imine (C=N–C) groups is 1. The van der Waals surface area contributed by atoms with Crippen molar-refractivity contribution in [2.75, 3.05) is 0 Å². The summed E-state index contributed by atoms with van der Waals surface area (Å²) in [6.07, 6.45) is 3.28. The lowest BCUT2D eigenvalue weighted by Gasteiger charge is -2.05. The molecule has 3 rings (SSSR count). The summed E-state index contributed by atoms with van der Waals surface area (Å²) in [5, 5.41) is 13.1. The lowest BCUT2D eigenvalue weighted by Crippen LogP contribution is -2.20. The predicted molar refractivity (Wildman–Crippen MR) is 101 cm³/mol. The largest absolute Gasteiger partial charge is 0.478 e. The number of carboxylic acids is 1. The van der Waals surface area contributed by atoms with Gasteiger partial charge < -0.3 is 5.11 Å². The highest BCUT2D eigenvalue weighted by atomic mass is 16.4. The third kappa shape index (κ3) is 4.61. The van der Waals surface area contributed by atoms with Gasteiger partial charge in [0.25, 0.3) is 0 Å². The van der Waals surface area contributed by atoms with Gasteiger partial charge in [0.1, 0.15) is 5.69 Å². The van der Waals surface area contributed by atoms with Gasteiger partial charge in [0.15, 0.2) is 5.84 Å². The molecule has 1 aromatic heterocycles. The normalized spacial score (nSPS) is 11.5. The minimum absolute atomic E-state index is 0.231. The summed E-state index contributed by atoms with van der Waals surface area (Å²) in [5.41, 5.74) is 5.35. The van der Waals surface area contributed by atoms with Crippen molar-refractivity contribution >= 4 is 23.7 Å². The molecule has 0 saturated heterocycles. The summed E-state index contributed by atoms with van der Waals surface area (Å²) in [6.45, 7) is 0. The lowest BCUT2D eigenvalue weighted by molar-refractivity contribution is 0.0697. The van der Waals surface area contributed by atoms with Gasteiger partial charge in [-0.1, -0.05) is 36.4 Å². The zero-order chi connectivity index (χ0) is 18.2. The van der Waals surface area contributed by atoms with E-state index < -0.39 is 5.97 Å². The van der Waals surface area contributed by atoms with Crippen molar-refractivity contribution in [2.24, 2.45) is 10.1 Å². The summed E-state index contributed by atoms with van der Waals surface area (Å²) >= 11 is 0. The van der Waals surface area contributed by atoms with Crippen LogP contribution >= 0.6 is 0 Å². The number of nitrogens with zero attached hydrogens (tertiary/aromatic N) is 3. The third-order valence-electron chi connectivity index (χ3n) is 3.45. The highest BCUT2D eigenvalue weighted by Gasteiger charge is 2.04. The molecule has 0 unspecified atom stereocenters. The van der Waals surface area contributed by atoms with Gasteiger partial charge in [0.05, 0.1) is 17.5 Å². The van der Waals surface area contributed by atoms with Crippen molar-refractivity contribution in [1.82, 2.24) is 10.4 Å². The first-order chi connectivity index (χ1) is 12.7. The van der Waals surface area contributed by atoms with Crippen LogP contribution in [0.1, 0.15) is 21.6 Å². The van der Waals surface area contributed by atoms with E-state index in [1.54, 1.807) is 24.5 Å². The first kappa shape index (κ1) is 17.0. The fraction of sp³-hybridized carbons (Fsp3) is 0. The molecule has 0 amide bonds. The Kier molecular flexibility index (Phi) is 5.47. The number of pyridine rings is 1. The highest BCUT2D eigenvalue weighted by molar-refractivity contribution is 5.99. The quantitative estimate of drug-likeness (QED) is 0.421. The first-order valence-electron chi connectivity index (χ1n) is 7.90. The zero-order valence-corrected chi connectivity index (χ0v) is 13.8. The molecule has 2 aromatic carbocycles. The number of para-hydroxylation sites is 1. The molecule has 0 bridgehead atoms. The summed E-state index contributed by atoms with van der Waals surface area (Å²) < 4.78 is 0. The van der Waals surface area contributed by atoms with E-state index in [9.17, 15) is 4.79 Å². The molecule has 128 valence electrons. The maximum absolute atomic E-state index is 10.9. The van der Waals surface area contributed by atoms with Crippen LogP contribution in [0.15, 0.2) is 89.1 Å². The second-order valence-corrected chi connectivity index (χ2v) is 5.31. The molecule has 26 heavy (non-hydrogen) atoms. The second-order valence-electron chi connectivity index (χ2n) is 5.31. The summed E-state index contributed by atoms with van der Waals surface area (Å²) in [4.78, 5) is 19.7. The van der Waals surface area contributed by atoms with E-state index in [2.05, 4.69) is 20.5 Å². The van der Waals surface area contributed by atoms with Crippen molar-refractivity contribution in [3.05, 3.63) is 95.8 Å². The smallest absolute Gasteiger partial charge is 0.335 e. The molecule has 3 aromatic rings. The van der Waals surface area contributed by atoms with Gasteiger partial charge in [-0.05, 0) is 42.0 Å². The van der Waals surface area contributed by atoms with Crippen LogP contribution in [0.2, 0.25) is 0 Å². The predicted octanol–water partition coefficient (Wildman–Crippen LogP) is 3.48. The maximum atomic E-state index is 10.9. The number of hydrogen-bond acceptors (Lipinski definition) is 4. The number of rotatable bonds is 5. The topological polar surface area (TPSA) is 86.9 Å². The number of hydrogen-bond donors (Lipinski definition) is 2. The number of hydrazone groups is 1. The van der Waals surface area contributed by atoms with Gasteiger partial charge in [0, 0.05) is 6.20 Å². The Labute approximate surface area is 150 Å². The van der Waals surface area contributed by atoms with Crippen LogP contribution < -0.4 is 5.43 Å². The number of aromatic carboxylic acids is 1. The number of carboxylic acid groups (broad SMARTS) is 1. The van der Waals surface area contributed by atoms with Gasteiger partial charge >= 0.3 is 5.97 Å². The Morgan fingerprint density at radius 2 is 1.69 bits per heavy atom. The number of benzene rings is 2. The van der Waals surface area contributed by atoms with Crippen molar-refractivity contribution < 1.29 is 9.90 Å². The monoisotopic (exact) mass is 344 g/mol. The van der Waals surface area contributed by atoms with E-state index in [0.29, 0.717) is 11.5 Å². The van der Waals surface area contributed by atoms with E-state index in [0.717, 1.165) is 11.3 Å². The van der Waals surface area contributed by atoms with Gasteiger partial charge in [0.2, 0.25) is 0 Å². The fourth-order valence-corrected chi connectivity index (χ4v) is 2.15. The SMILES string of the molecule is O=C(O)c1ccc(/C=N/NC(=Nc2ccccc2)c2ccccn2)cc1. The lowest BCUT2D eigenvalue weighted by atomic mass is 10.1. The van der Waals surface area contributed by atoms with E-state index in [1.165, 1.54) is 12.1 Å². The standard InChI is InChI=1S/C20H16N4O2/c25-20(26)16-11-9-15(10-12-16)14-22-24-19(18-8-4-5-13-21-18)23-17-6-2-1-3-7-17/h1-14H,(H,23,24)(H,25,26)/b22-14+. The molecule has 6 heteroatoms. The molecule has 2 N–H and O–H groups in total. The minimum Gasteiger partial charge on any atom is -0.478 e. The molecule has 0 aliphatic heterocycles. The van der Waals surface area contributed by atoms with Gasteiger partial charge in [-0.25, -0.2) is 9.79 Å². The van der Waals surface area contributed by atoms with Crippen LogP contribution in [0.4, 0.5) is 5.69 Å². The minimum atomic E-state index is -0.959. The highest BCUT2D eigenvalue weighted by Crippen LogP contribution is 2.11. The van der Waals surface area contributed by atoms with E-state index in [1.807, 2.05) is 48.5 Å². The van der Waals surface area contributed by atoms with Crippen molar-refractivity contribution in [3.63, 3.8) is 0 Å². The molecule has 0 radical (unpaired) electrons. The Morgan fingerprint density at radius 3 is 2.35 bits per heavy atom. The number of aromatic nitrogens is 1. The molecule has 6 nitrogen and oxygen atoms in total. The second kappa shape index (κ2) is 8.34. The van der Waals surface area contributed by atoms with Crippen molar-refractivity contribution in [1.29, 1.82) is 0 Å². The molecule has 0 aliphatic rings. The van der Waals surface area contributed by atoms with E-state index in [-0.39, 0.29) is 5.56 Å². The van der Waals surface area contributed by atoms with Gasteiger partial charge in [-0.15, -0.1) is 0 Å². The number of nitrogens with one attached hydrogen (secondary N) is 1. The van der Waals surface area contributed by atoms with Crippen molar-refractivity contribution in [2.45, 2.75) is 0 Å². The van der Waals surface area contributed by atoms with Gasteiger partial charge in [-0.3, -0.25) is 10.4 Å². The molecule has 0 saturated carbocycles. The van der Waals surface area contributed by atoms with Crippen LogP contribution in [0.3, 0.4) is 0 Å². The van der Waals surface area contributed by atoms with E-state index >= 15 is 0 Å². The average Bonchev–Trinajstić information content (AvgIpc) is 2.69. The van der Waals surface area contributed by atoms with Gasteiger partial charge in [-0.2, -0.15) is 5.10 Å². The Balaban J connectivity index is 1.80. The molecular formula is C20H16N4O2. The van der Waals surface area contributed by atoms with Crippen LogP contribution in [0, 0.1) is 0 Å². The molecule has 0 atom stereocenters. The fourth-order valence-electron chi connectivity index (χ4n) is 2.15. The Hall–Kier alpha value is -3.80. The van der Waals surface area contributed by atoms with Crippen molar-refractivity contribution in [3.8, 4) is 0 Å². The Morgan fingerprint density at radius 1 is 0.962 bits per heavy atom. The molecule has 0 aliphatic carbocycles. The van der Waals surface area contributed by atoms with Crippen LogP contribution in [-0.4, -0.2) is 28.1 Å². The molecule has 0 spiro atoms. The molecule has 1 heterocycles. The van der Waals surface area contributed by atoms with E-state index in [4.69, 9.17) is 5.11 Å². The van der Waals surface area contributed by atoms with Crippen LogP contribution in [-0.2, 0) is 0 Å².